The summed E-state index contributed by atoms with van der Waals surface area (Å²) in [4.78, 5) is 12.1. The molecule has 0 aliphatic heterocycles. The minimum absolute atomic E-state index is 0.0184. The Morgan fingerprint density at radius 2 is 1.90 bits per heavy atom. The van der Waals surface area contributed by atoms with Gasteiger partial charge >= 0.3 is 0 Å². The van der Waals surface area contributed by atoms with E-state index in [0.29, 0.717) is 5.75 Å². The number of hydrogen-bond donors (Lipinski definition) is 2. The van der Waals surface area contributed by atoms with Crippen LogP contribution in [0.3, 0.4) is 0 Å². The Morgan fingerprint density at radius 3 is 2.52 bits per heavy atom. The standard InChI is InChI=1S/C16H22ClNO2S/c17-14-6-4-13(5-7-14)10-21-11-15(20)18-16(12-19)8-2-1-3-9-16/h4-7,19H,1-3,8-12H2,(H,18,20). The van der Waals surface area contributed by atoms with Gasteiger partial charge < -0.3 is 10.4 Å². The Kier molecular flexibility index (Phi) is 6.40. The van der Waals surface area contributed by atoms with Crippen LogP contribution in [-0.2, 0) is 10.5 Å². The second kappa shape index (κ2) is 8.06. The SMILES string of the molecule is O=C(CSCc1ccc(Cl)cc1)NC1(CO)CCCCC1. The molecular weight excluding hydrogens is 306 g/mol. The molecule has 1 aromatic rings. The number of hydrogen-bond acceptors (Lipinski definition) is 3. The van der Waals surface area contributed by atoms with Gasteiger partial charge in [0.15, 0.2) is 0 Å². The summed E-state index contributed by atoms with van der Waals surface area (Å²) < 4.78 is 0. The van der Waals surface area contributed by atoms with Crippen molar-refractivity contribution in [2.24, 2.45) is 0 Å². The van der Waals surface area contributed by atoms with Crippen molar-refractivity contribution in [1.82, 2.24) is 5.32 Å². The van der Waals surface area contributed by atoms with Crippen molar-refractivity contribution in [3.63, 3.8) is 0 Å². The van der Waals surface area contributed by atoms with E-state index in [1.165, 1.54) is 6.42 Å². The number of carbonyl (C=O) groups excluding carboxylic acids is 1. The molecule has 1 aliphatic rings. The predicted octanol–water partition coefficient (Wildman–Crippen LogP) is 3.38. The zero-order valence-electron chi connectivity index (χ0n) is 12.1. The molecule has 2 N–H and O–H groups in total. The number of thioether (sulfide) groups is 1. The summed E-state index contributed by atoms with van der Waals surface area (Å²) in [6, 6.07) is 7.67. The van der Waals surface area contributed by atoms with E-state index in [1.54, 1.807) is 11.8 Å². The molecular formula is C16H22ClNO2S. The fraction of sp³-hybridized carbons (Fsp3) is 0.562. The highest BCUT2D eigenvalue weighted by atomic mass is 35.5. The van der Waals surface area contributed by atoms with Crippen LogP contribution < -0.4 is 5.32 Å². The van der Waals surface area contributed by atoms with E-state index in [-0.39, 0.29) is 18.1 Å². The molecule has 0 bridgehead atoms. The fourth-order valence-corrected chi connectivity index (χ4v) is 3.64. The first-order valence-corrected chi connectivity index (χ1v) is 8.91. The number of carbonyl (C=O) groups is 1. The van der Waals surface area contributed by atoms with Crippen molar-refractivity contribution in [2.45, 2.75) is 43.4 Å². The molecule has 0 radical (unpaired) electrons. The van der Waals surface area contributed by atoms with Crippen molar-refractivity contribution in [2.75, 3.05) is 12.4 Å². The second-order valence-corrected chi connectivity index (χ2v) is 7.09. The molecule has 3 nitrogen and oxygen atoms in total. The van der Waals surface area contributed by atoms with Gasteiger partial charge in [-0.05, 0) is 30.5 Å². The Hall–Kier alpha value is -0.710. The Morgan fingerprint density at radius 1 is 1.24 bits per heavy atom. The molecule has 1 aliphatic carbocycles. The van der Waals surface area contributed by atoms with Gasteiger partial charge in [-0.15, -0.1) is 11.8 Å². The van der Waals surface area contributed by atoms with Crippen LogP contribution in [0.2, 0.25) is 5.02 Å². The summed E-state index contributed by atoms with van der Waals surface area (Å²) in [7, 11) is 0. The molecule has 2 rings (SSSR count). The van der Waals surface area contributed by atoms with Crippen molar-refractivity contribution in [3.05, 3.63) is 34.9 Å². The van der Waals surface area contributed by atoms with Gasteiger partial charge in [0, 0.05) is 10.8 Å². The molecule has 0 saturated heterocycles. The summed E-state index contributed by atoms with van der Waals surface area (Å²) in [5, 5.41) is 13.4. The molecule has 0 aromatic heterocycles. The molecule has 1 aromatic carbocycles. The lowest BCUT2D eigenvalue weighted by molar-refractivity contribution is -0.121. The molecule has 0 spiro atoms. The highest BCUT2D eigenvalue weighted by Crippen LogP contribution is 2.28. The van der Waals surface area contributed by atoms with E-state index in [4.69, 9.17) is 11.6 Å². The van der Waals surface area contributed by atoms with E-state index in [9.17, 15) is 9.90 Å². The number of amides is 1. The molecule has 1 saturated carbocycles. The average molecular weight is 328 g/mol. The molecule has 0 heterocycles. The topological polar surface area (TPSA) is 49.3 Å². The van der Waals surface area contributed by atoms with E-state index in [1.807, 2.05) is 24.3 Å². The Balaban J connectivity index is 1.75. The summed E-state index contributed by atoms with van der Waals surface area (Å²) in [6.07, 6.45) is 5.13. The maximum atomic E-state index is 12.1. The third-order valence-corrected chi connectivity index (χ3v) is 5.19. The van der Waals surface area contributed by atoms with E-state index < -0.39 is 0 Å². The zero-order valence-corrected chi connectivity index (χ0v) is 13.7. The van der Waals surface area contributed by atoms with Gasteiger partial charge in [-0.2, -0.15) is 0 Å². The van der Waals surface area contributed by atoms with Crippen LogP contribution in [0.5, 0.6) is 0 Å². The maximum absolute atomic E-state index is 12.1. The largest absolute Gasteiger partial charge is 0.394 e. The van der Waals surface area contributed by atoms with Crippen LogP contribution in [0.25, 0.3) is 0 Å². The summed E-state index contributed by atoms with van der Waals surface area (Å²) in [5.41, 5.74) is 0.780. The van der Waals surface area contributed by atoms with Crippen molar-refractivity contribution >= 4 is 29.3 Å². The first-order chi connectivity index (χ1) is 10.1. The van der Waals surface area contributed by atoms with Gasteiger partial charge in [0.2, 0.25) is 5.91 Å². The molecule has 1 amide bonds. The van der Waals surface area contributed by atoms with E-state index in [0.717, 1.165) is 42.0 Å². The predicted molar refractivity (Wildman–Crippen MR) is 88.7 cm³/mol. The van der Waals surface area contributed by atoms with Gasteiger partial charge in [0.1, 0.15) is 0 Å². The Bertz CT molecular complexity index is 458. The Labute approximate surface area is 135 Å². The minimum atomic E-state index is -0.379. The van der Waals surface area contributed by atoms with Gasteiger partial charge in [0.05, 0.1) is 17.9 Å². The number of aliphatic hydroxyl groups excluding tert-OH is 1. The van der Waals surface area contributed by atoms with Crippen molar-refractivity contribution in [1.29, 1.82) is 0 Å². The normalized spacial score (nSPS) is 17.4. The van der Waals surface area contributed by atoms with Crippen LogP contribution in [0, 0.1) is 0 Å². The van der Waals surface area contributed by atoms with Gasteiger partial charge in [0.25, 0.3) is 0 Å². The monoisotopic (exact) mass is 327 g/mol. The highest BCUT2D eigenvalue weighted by molar-refractivity contribution is 7.99. The van der Waals surface area contributed by atoms with Gasteiger partial charge in [-0.1, -0.05) is 43.0 Å². The van der Waals surface area contributed by atoms with Crippen LogP contribution in [0.15, 0.2) is 24.3 Å². The number of rotatable bonds is 6. The molecule has 21 heavy (non-hydrogen) atoms. The molecule has 5 heteroatoms. The van der Waals surface area contributed by atoms with E-state index >= 15 is 0 Å². The first kappa shape index (κ1) is 16.7. The lowest BCUT2D eigenvalue weighted by Gasteiger charge is -2.36. The number of nitrogens with one attached hydrogen (secondary N) is 1. The van der Waals surface area contributed by atoms with Crippen LogP contribution in [0.4, 0.5) is 0 Å². The smallest absolute Gasteiger partial charge is 0.230 e. The second-order valence-electron chi connectivity index (χ2n) is 5.67. The van der Waals surface area contributed by atoms with Crippen LogP contribution >= 0.6 is 23.4 Å². The third-order valence-electron chi connectivity index (χ3n) is 3.93. The minimum Gasteiger partial charge on any atom is -0.394 e. The molecule has 1 fully saturated rings. The quantitative estimate of drug-likeness (QED) is 0.842. The number of aliphatic hydroxyl groups is 1. The lowest BCUT2D eigenvalue weighted by atomic mass is 9.82. The van der Waals surface area contributed by atoms with E-state index in [2.05, 4.69) is 5.32 Å². The zero-order chi connectivity index (χ0) is 15.1. The number of halogens is 1. The van der Waals surface area contributed by atoms with Crippen molar-refractivity contribution < 1.29 is 9.90 Å². The van der Waals surface area contributed by atoms with Crippen LogP contribution in [-0.4, -0.2) is 28.9 Å². The first-order valence-electron chi connectivity index (χ1n) is 7.38. The summed E-state index contributed by atoms with van der Waals surface area (Å²) >= 11 is 7.42. The average Bonchev–Trinajstić information content (AvgIpc) is 2.50. The van der Waals surface area contributed by atoms with Crippen LogP contribution in [0.1, 0.15) is 37.7 Å². The third kappa shape index (κ3) is 5.20. The summed E-state index contributed by atoms with van der Waals surface area (Å²) in [6.45, 7) is 0.0423. The summed E-state index contributed by atoms with van der Waals surface area (Å²) in [5.74, 6) is 1.23. The lowest BCUT2D eigenvalue weighted by Crippen LogP contribution is -2.53. The molecule has 0 unspecified atom stereocenters. The molecule has 0 atom stereocenters. The molecule has 116 valence electrons. The van der Waals surface area contributed by atoms with Gasteiger partial charge in [-0.3, -0.25) is 4.79 Å². The maximum Gasteiger partial charge on any atom is 0.230 e. The fourth-order valence-electron chi connectivity index (χ4n) is 2.73. The van der Waals surface area contributed by atoms with Gasteiger partial charge in [-0.25, -0.2) is 0 Å². The highest BCUT2D eigenvalue weighted by Gasteiger charge is 2.32. The van der Waals surface area contributed by atoms with Crippen molar-refractivity contribution in [3.8, 4) is 0 Å². The number of benzene rings is 1.